The molecule has 7 nitrogen and oxygen atoms in total. The largest absolute Gasteiger partial charge is 0.493 e. The lowest BCUT2D eigenvalue weighted by molar-refractivity contribution is -0.115. The van der Waals surface area contributed by atoms with Crippen molar-refractivity contribution in [3.63, 3.8) is 0 Å². The van der Waals surface area contributed by atoms with Gasteiger partial charge in [0.15, 0.2) is 11.5 Å². The van der Waals surface area contributed by atoms with Crippen molar-refractivity contribution < 1.29 is 23.1 Å². The van der Waals surface area contributed by atoms with Crippen LogP contribution in [0.15, 0.2) is 44.2 Å². The molecule has 4 aromatic rings. The van der Waals surface area contributed by atoms with Gasteiger partial charge in [0, 0.05) is 17.1 Å². The van der Waals surface area contributed by atoms with Crippen LogP contribution in [-0.4, -0.2) is 20.1 Å². The van der Waals surface area contributed by atoms with Gasteiger partial charge in [-0.3, -0.25) is 4.79 Å². The number of methoxy groups -OCH3 is 2. The highest BCUT2D eigenvalue weighted by atomic mass is 16.5. The molecule has 2 aromatic carbocycles. The third-order valence-corrected chi connectivity index (χ3v) is 5.47. The second kappa shape index (κ2) is 7.83. The summed E-state index contributed by atoms with van der Waals surface area (Å²) in [6.45, 7) is 5.73. The Labute approximate surface area is 178 Å². The van der Waals surface area contributed by atoms with Crippen molar-refractivity contribution in [2.45, 2.75) is 27.2 Å². The summed E-state index contributed by atoms with van der Waals surface area (Å²) in [5.41, 5.74) is 4.06. The number of anilines is 1. The van der Waals surface area contributed by atoms with Gasteiger partial charge >= 0.3 is 5.63 Å². The highest BCUT2D eigenvalue weighted by Gasteiger charge is 2.20. The van der Waals surface area contributed by atoms with Gasteiger partial charge in [0.1, 0.15) is 11.2 Å². The third kappa shape index (κ3) is 3.52. The molecule has 7 heteroatoms. The summed E-state index contributed by atoms with van der Waals surface area (Å²) in [7, 11) is 3.06. The molecule has 0 aliphatic rings. The topological polar surface area (TPSA) is 90.9 Å². The fourth-order valence-corrected chi connectivity index (χ4v) is 3.96. The first-order chi connectivity index (χ1) is 14.8. The van der Waals surface area contributed by atoms with Crippen molar-refractivity contribution in [2.75, 3.05) is 19.5 Å². The van der Waals surface area contributed by atoms with E-state index in [1.165, 1.54) is 14.2 Å². The molecule has 0 spiro atoms. The van der Waals surface area contributed by atoms with E-state index in [1.807, 2.05) is 26.8 Å². The van der Waals surface area contributed by atoms with Crippen LogP contribution in [0.4, 0.5) is 5.69 Å². The van der Waals surface area contributed by atoms with E-state index >= 15 is 0 Å². The molecule has 1 amide bonds. The van der Waals surface area contributed by atoms with E-state index in [9.17, 15) is 9.59 Å². The quantitative estimate of drug-likeness (QED) is 0.471. The zero-order valence-electron chi connectivity index (χ0n) is 18.0. The molecule has 2 aromatic heterocycles. The van der Waals surface area contributed by atoms with Crippen LogP contribution in [0.25, 0.3) is 21.9 Å². The summed E-state index contributed by atoms with van der Waals surface area (Å²) < 4.78 is 21.8. The predicted octanol–water partition coefficient (Wildman–Crippen LogP) is 4.66. The molecule has 0 saturated carbocycles. The minimum atomic E-state index is -0.533. The smallest absolute Gasteiger partial charge is 0.340 e. The second-order valence-electron chi connectivity index (χ2n) is 7.48. The first-order valence-electron chi connectivity index (χ1n) is 9.79. The van der Waals surface area contributed by atoms with Crippen LogP contribution in [0.2, 0.25) is 0 Å². The minimum absolute atomic E-state index is 0.131. The van der Waals surface area contributed by atoms with Crippen molar-refractivity contribution in [3.05, 3.63) is 63.2 Å². The molecule has 31 heavy (non-hydrogen) atoms. The summed E-state index contributed by atoms with van der Waals surface area (Å²) in [6, 6.07) is 6.89. The van der Waals surface area contributed by atoms with Crippen molar-refractivity contribution in [3.8, 4) is 11.5 Å². The molecule has 0 atom stereocenters. The van der Waals surface area contributed by atoms with Crippen LogP contribution in [0.5, 0.6) is 11.5 Å². The SMILES string of the molecule is COc1ccc(NC(=O)Cc2c(C)c3c(cc(C)c4c(C)coc43)oc2=O)cc1OC. The van der Waals surface area contributed by atoms with Gasteiger partial charge in [0.05, 0.1) is 37.9 Å². The Hall–Kier alpha value is -3.74. The number of amides is 1. The van der Waals surface area contributed by atoms with E-state index in [2.05, 4.69) is 5.32 Å². The van der Waals surface area contributed by atoms with Gasteiger partial charge in [-0.25, -0.2) is 4.79 Å². The number of hydrogen-bond acceptors (Lipinski definition) is 6. The van der Waals surface area contributed by atoms with Gasteiger partial charge in [-0.2, -0.15) is 0 Å². The molecule has 4 rings (SSSR count). The maximum atomic E-state index is 12.7. The van der Waals surface area contributed by atoms with Crippen molar-refractivity contribution in [1.82, 2.24) is 0 Å². The Balaban J connectivity index is 1.71. The Bertz CT molecular complexity index is 1380. The number of aryl methyl sites for hydroxylation is 3. The number of furan rings is 1. The number of ether oxygens (including phenoxy) is 2. The lowest BCUT2D eigenvalue weighted by Gasteiger charge is -2.12. The summed E-state index contributed by atoms with van der Waals surface area (Å²) >= 11 is 0. The van der Waals surface area contributed by atoms with Crippen LogP contribution in [0.1, 0.15) is 22.3 Å². The fraction of sp³-hybridized carbons (Fsp3) is 0.250. The maximum absolute atomic E-state index is 12.7. The first-order valence-corrected chi connectivity index (χ1v) is 9.79. The zero-order valence-corrected chi connectivity index (χ0v) is 18.0. The molecule has 0 fully saturated rings. The minimum Gasteiger partial charge on any atom is -0.493 e. The van der Waals surface area contributed by atoms with E-state index in [-0.39, 0.29) is 12.3 Å². The number of carbonyl (C=O) groups excluding carboxylic acids is 1. The van der Waals surface area contributed by atoms with Gasteiger partial charge < -0.3 is 23.6 Å². The number of benzene rings is 2. The lowest BCUT2D eigenvalue weighted by atomic mass is 9.98. The van der Waals surface area contributed by atoms with E-state index in [1.54, 1.807) is 24.5 Å². The molecule has 0 aliphatic carbocycles. The Morgan fingerprint density at radius 2 is 1.74 bits per heavy atom. The van der Waals surface area contributed by atoms with Crippen LogP contribution < -0.4 is 20.4 Å². The number of nitrogens with one attached hydrogen (secondary N) is 1. The number of carbonyl (C=O) groups is 1. The Morgan fingerprint density at radius 1 is 1.00 bits per heavy atom. The fourth-order valence-electron chi connectivity index (χ4n) is 3.96. The zero-order chi connectivity index (χ0) is 22.3. The van der Waals surface area contributed by atoms with Crippen LogP contribution in [-0.2, 0) is 11.2 Å². The number of fused-ring (bicyclic) bond motifs is 3. The summed E-state index contributed by atoms with van der Waals surface area (Å²) in [6.07, 6.45) is 1.55. The van der Waals surface area contributed by atoms with Gasteiger partial charge in [0.2, 0.25) is 5.91 Å². The third-order valence-electron chi connectivity index (χ3n) is 5.47. The van der Waals surface area contributed by atoms with Crippen molar-refractivity contribution in [1.29, 1.82) is 0 Å². The van der Waals surface area contributed by atoms with Gasteiger partial charge in [-0.1, -0.05) is 0 Å². The average molecular weight is 421 g/mol. The molecule has 0 unspecified atom stereocenters. The average Bonchev–Trinajstić information content (AvgIpc) is 3.12. The number of rotatable bonds is 5. The molecular weight excluding hydrogens is 398 g/mol. The molecule has 0 radical (unpaired) electrons. The van der Waals surface area contributed by atoms with E-state index in [4.69, 9.17) is 18.3 Å². The summed E-state index contributed by atoms with van der Waals surface area (Å²) in [4.78, 5) is 25.4. The normalized spacial score (nSPS) is 11.1. The Kier molecular flexibility index (Phi) is 5.19. The summed E-state index contributed by atoms with van der Waals surface area (Å²) in [5.74, 6) is 0.702. The van der Waals surface area contributed by atoms with Crippen LogP contribution >= 0.6 is 0 Å². The molecular formula is C24H23NO6. The molecule has 160 valence electrons. The van der Waals surface area contributed by atoms with Gasteiger partial charge in [0.25, 0.3) is 0 Å². The standard InChI is InChI=1S/C24H23NO6/c1-12-8-19-22(23-21(12)13(2)11-30-23)14(3)16(24(27)31-19)10-20(26)25-15-6-7-17(28-4)18(9-15)29-5/h6-9,11H,10H2,1-5H3,(H,25,26). The number of hydrogen-bond donors (Lipinski definition) is 1. The maximum Gasteiger partial charge on any atom is 0.340 e. The second-order valence-corrected chi connectivity index (χ2v) is 7.48. The van der Waals surface area contributed by atoms with Crippen molar-refractivity contribution >= 4 is 33.5 Å². The van der Waals surface area contributed by atoms with E-state index in [0.717, 1.165) is 16.5 Å². The van der Waals surface area contributed by atoms with Gasteiger partial charge in [-0.15, -0.1) is 0 Å². The lowest BCUT2D eigenvalue weighted by Crippen LogP contribution is -2.20. The highest BCUT2D eigenvalue weighted by Crippen LogP contribution is 2.34. The van der Waals surface area contributed by atoms with Crippen LogP contribution in [0, 0.1) is 20.8 Å². The van der Waals surface area contributed by atoms with E-state index < -0.39 is 5.63 Å². The monoisotopic (exact) mass is 421 g/mol. The molecule has 0 saturated heterocycles. The first kappa shape index (κ1) is 20.5. The molecule has 0 bridgehead atoms. The highest BCUT2D eigenvalue weighted by molar-refractivity contribution is 6.07. The Morgan fingerprint density at radius 3 is 2.45 bits per heavy atom. The molecule has 2 heterocycles. The predicted molar refractivity (Wildman–Crippen MR) is 118 cm³/mol. The van der Waals surface area contributed by atoms with Gasteiger partial charge in [-0.05, 0) is 55.7 Å². The van der Waals surface area contributed by atoms with E-state index in [0.29, 0.717) is 44.9 Å². The molecule has 1 N–H and O–H groups in total. The molecule has 0 aliphatic heterocycles. The summed E-state index contributed by atoms with van der Waals surface area (Å²) in [5, 5.41) is 4.49. The van der Waals surface area contributed by atoms with Crippen LogP contribution in [0.3, 0.4) is 0 Å². The van der Waals surface area contributed by atoms with Crippen molar-refractivity contribution in [2.24, 2.45) is 0 Å².